The highest BCUT2D eigenvalue weighted by molar-refractivity contribution is 6.12. The molecule has 1 aromatic heterocycles. The molecule has 3 aromatic rings. The Morgan fingerprint density at radius 3 is 2.29 bits per heavy atom. The van der Waals surface area contributed by atoms with Crippen LogP contribution < -0.4 is 5.32 Å². The van der Waals surface area contributed by atoms with Crippen LogP contribution >= 0.6 is 0 Å². The van der Waals surface area contributed by atoms with Gasteiger partial charge in [-0.1, -0.05) is 30.3 Å². The second-order valence-electron chi connectivity index (χ2n) is 13.1. The van der Waals surface area contributed by atoms with Crippen molar-refractivity contribution in [3.63, 3.8) is 0 Å². The van der Waals surface area contributed by atoms with E-state index in [0.717, 1.165) is 41.1 Å². The number of hydrogen-bond acceptors (Lipinski definition) is 6. The highest BCUT2D eigenvalue weighted by Crippen LogP contribution is 2.43. The summed E-state index contributed by atoms with van der Waals surface area (Å²) in [5.41, 5.74) is 0.849. The van der Waals surface area contributed by atoms with Crippen molar-refractivity contribution in [3.8, 4) is 6.07 Å². The average Bonchev–Trinajstić information content (AvgIpc) is 3.57. The minimum Gasteiger partial charge on any atom is -0.444 e. The zero-order valence-electron chi connectivity index (χ0n) is 24.6. The summed E-state index contributed by atoms with van der Waals surface area (Å²) in [6.45, 7) is 10.9. The second-order valence-corrected chi connectivity index (χ2v) is 13.1. The van der Waals surface area contributed by atoms with Crippen LogP contribution in [0.3, 0.4) is 0 Å². The number of hydrogen-bond donors (Lipinski definition) is 1. The third kappa shape index (κ3) is 5.74. The number of likely N-dealkylation sites (tertiary alicyclic amines) is 1. The van der Waals surface area contributed by atoms with Gasteiger partial charge < -0.3 is 14.8 Å². The smallest absolute Gasteiger partial charge is 0.419 e. The number of ether oxygens (including phenoxy) is 2. The SMILES string of the molecule is CC(C)(C)OC(=O)N1[C@@H]2CC[C@@H](C2)[C@H]1C(=O)NC(C#N)Cc1ccc2c3ccccc3n(C(=O)OC(C)(C)C)c2c1. The third-order valence-electron chi connectivity index (χ3n) is 7.68. The maximum Gasteiger partial charge on any atom is 0.419 e. The van der Waals surface area contributed by atoms with E-state index in [1.807, 2.05) is 63.2 Å². The number of carbonyl (C=O) groups is 3. The molecule has 4 atom stereocenters. The molecule has 9 heteroatoms. The van der Waals surface area contributed by atoms with E-state index in [1.165, 1.54) is 0 Å². The molecule has 9 nitrogen and oxygen atoms in total. The van der Waals surface area contributed by atoms with Gasteiger partial charge in [0.25, 0.3) is 0 Å². The van der Waals surface area contributed by atoms with E-state index in [0.29, 0.717) is 5.52 Å². The van der Waals surface area contributed by atoms with Gasteiger partial charge in [0.1, 0.15) is 23.3 Å². The summed E-state index contributed by atoms with van der Waals surface area (Å²) in [5.74, 6) is -0.286. The van der Waals surface area contributed by atoms with Crippen LogP contribution in [0.4, 0.5) is 9.59 Å². The van der Waals surface area contributed by atoms with Gasteiger partial charge in [-0.15, -0.1) is 0 Å². The van der Waals surface area contributed by atoms with Crippen molar-refractivity contribution in [2.75, 3.05) is 0 Å². The summed E-state index contributed by atoms with van der Waals surface area (Å²) >= 11 is 0. The maximum atomic E-state index is 13.5. The molecule has 216 valence electrons. The molecule has 1 N–H and O–H groups in total. The molecule has 1 unspecified atom stereocenters. The van der Waals surface area contributed by atoms with E-state index in [4.69, 9.17) is 9.47 Å². The fourth-order valence-electron chi connectivity index (χ4n) is 6.17. The fraction of sp³-hybridized carbons (Fsp3) is 0.500. The lowest BCUT2D eigenvalue weighted by atomic mass is 9.97. The van der Waals surface area contributed by atoms with E-state index in [9.17, 15) is 19.6 Å². The molecule has 41 heavy (non-hydrogen) atoms. The van der Waals surface area contributed by atoms with Crippen LogP contribution in [0.25, 0.3) is 21.8 Å². The summed E-state index contributed by atoms with van der Waals surface area (Å²) in [7, 11) is 0. The number of para-hydroxylation sites is 1. The number of piperidine rings is 1. The summed E-state index contributed by atoms with van der Waals surface area (Å²) in [6, 6.07) is 14.1. The number of rotatable bonds is 4. The molecule has 1 saturated heterocycles. The number of amides is 2. The lowest BCUT2D eigenvalue weighted by Crippen LogP contribution is -2.55. The molecular formula is C32H38N4O5. The van der Waals surface area contributed by atoms with Gasteiger partial charge in [0.2, 0.25) is 5.91 Å². The van der Waals surface area contributed by atoms with Crippen molar-refractivity contribution < 1.29 is 23.9 Å². The topological polar surface area (TPSA) is 114 Å². The monoisotopic (exact) mass is 558 g/mol. The van der Waals surface area contributed by atoms with Gasteiger partial charge in [-0.05, 0) is 84.4 Å². The molecule has 0 radical (unpaired) electrons. The Balaban J connectivity index is 1.39. The Morgan fingerprint density at radius 2 is 1.61 bits per heavy atom. The molecular weight excluding hydrogens is 520 g/mol. The second kappa shape index (κ2) is 10.4. The van der Waals surface area contributed by atoms with Crippen LogP contribution in [-0.2, 0) is 20.7 Å². The Kier molecular flexibility index (Phi) is 7.22. The molecule has 2 aromatic carbocycles. The molecule has 2 amide bonds. The van der Waals surface area contributed by atoms with Gasteiger partial charge in [0, 0.05) is 23.2 Å². The van der Waals surface area contributed by atoms with Gasteiger partial charge in [-0.3, -0.25) is 9.69 Å². The molecule has 1 aliphatic heterocycles. The lowest BCUT2D eigenvalue weighted by Gasteiger charge is -2.35. The third-order valence-corrected chi connectivity index (χ3v) is 7.68. The Labute approximate surface area is 240 Å². The number of carbonyl (C=O) groups excluding carboxylic acids is 3. The summed E-state index contributed by atoms with van der Waals surface area (Å²) in [4.78, 5) is 41.3. The quantitative estimate of drug-likeness (QED) is 0.425. The maximum absolute atomic E-state index is 13.5. The molecule has 2 bridgehead atoms. The number of benzene rings is 2. The Hall–Kier alpha value is -4.06. The molecule has 0 spiro atoms. The molecule has 2 heterocycles. The van der Waals surface area contributed by atoms with Crippen LogP contribution in [0.15, 0.2) is 42.5 Å². The number of nitriles is 1. The van der Waals surface area contributed by atoms with E-state index in [1.54, 1.807) is 30.2 Å². The first kappa shape index (κ1) is 28.5. The van der Waals surface area contributed by atoms with E-state index >= 15 is 0 Å². The predicted molar refractivity (Wildman–Crippen MR) is 155 cm³/mol. The highest BCUT2D eigenvalue weighted by Gasteiger charge is 2.52. The number of fused-ring (bicyclic) bond motifs is 5. The minimum absolute atomic E-state index is 0.0247. The highest BCUT2D eigenvalue weighted by atomic mass is 16.6. The standard InChI is InChI=1S/C32H38N4O5/c1-31(2,3)40-29(38)35-22-13-12-20(17-22)27(35)28(37)34-21(18-33)15-19-11-14-24-23-9-7-8-10-25(23)36(26(24)16-19)30(39)41-32(4,5)6/h7-11,14,16,20-22,27H,12-13,15,17H2,1-6H3,(H,34,37)/t20-,21?,22+,27-/m0/s1. The zero-order valence-corrected chi connectivity index (χ0v) is 24.6. The van der Waals surface area contributed by atoms with Crippen molar-refractivity contribution in [1.82, 2.24) is 14.8 Å². The van der Waals surface area contributed by atoms with Crippen molar-refractivity contribution in [2.45, 2.75) is 96.6 Å². The number of aromatic nitrogens is 1. The van der Waals surface area contributed by atoms with Crippen molar-refractivity contribution in [3.05, 3.63) is 48.0 Å². The Bertz CT molecular complexity index is 1550. The number of nitrogens with zero attached hydrogens (tertiary/aromatic N) is 3. The predicted octanol–water partition coefficient (Wildman–Crippen LogP) is 5.92. The van der Waals surface area contributed by atoms with Crippen molar-refractivity contribution in [1.29, 1.82) is 5.26 Å². The Morgan fingerprint density at radius 1 is 0.951 bits per heavy atom. The summed E-state index contributed by atoms with van der Waals surface area (Å²) < 4.78 is 12.9. The van der Waals surface area contributed by atoms with E-state index in [-0.39, 0.29) is 24.3 Å². The van der Waals surface area contributed by atoms with Crippen molar-refractivity contribution in [2.24, 2.45) is 5.92 Å². The van der Waals surface area contributed by atoms with Gasteiger partial charge >= 0.3 is 12.2 Å². The van der Waals surface area contributed by atoms with Gasteiger partial charge in [-0.25, -0.2) is 14.2 Å². The normalized spacial score (nSPS) is 21.1. The van der Waals surface area contributed by atoms with Crippen molar-refractivity contribution >= 4 is 39.9 Å². The average molecular weight is 559 g/mol. The first-order chi connectivity index (χ1) is 19.3. The first-order valence-corrected chi connectivity index (χ1v) is 14.2. The lowest BCUT2D eigenvalue weighted by molar-refractivity contribution is -0.128. The minimum atomic E-state index is -0.820. The number of nitrogens with one attached hydrogen (secondary N) is 1. The summed E-state index contributed by atoms with van der Waals surface area (Å²) in [6.07, 6.45) is 1.75. The van der Waals surface area contributed by atoms with Gasteiger partial charge in [0.15, 0.2) is 0 Å². The summed E-state index contributed by atoms with van der Waals surface area (Å²) in [5, 5.41) is 14.7. The zero-order chi connectivity index (χ0) is 29.7. The first-order valence-electron chi connectivity index (χ1n) is 14.2. The van der Waals surface area contributed by atoms with Crippen LogP contribution in [0, 0.1) is 17.2 Å². The fourth-order valence-corrected chi connectivity index (χ4v) is 6.17. The molecule has 1 aliphatic carbocycles. The van der Waals surface area contributed by atoms with Crippen LogP contribution in [0.5, 0.6) is 0 Å². The van der Waals surface area contributed by atoms with E-state index < -0.39 is 35.5 Å². The largest absolute Gasteiger partial charge is 0.444 e. The van der Waals surface area contributed by atoms with Gasteiger partial charge in [0.05, 0.1) is 17.1 Å². The molecule has 2 fully saturated rings. The van der Waals surface area contributed by atoms with E-state index in [2.05, 4.69) is 11.4 Å². The van der Waals surface area contributed by atoms with Gasteiger partial charge in [-0.2, -0.15) is 5.26 Å². The molecule has 1 saturated carbocycles. The van der Waals surface area contributed by atoms with Crippen LogP contribution in [-0.4, -0.2) is 56.9 Å². The molecule has 2 aliphatic rings. The van der Waals surface area contributed by atoms with Crippen LogP contribution in [0.2, 0.25) is 0 Å². The van der Waals surface area contributed by atoms with Crippen LogP contribution in [0.1, 0.15) is 66.4 Å². The molecule has 5 rings (SSSR count).